The quantitative estimate of drug-likeness (QED) is 0.607. The van der Waals surface area contributed by atoms with Crippen LogP contribution in [0.4, 0.5) is 5.82 Å². The van der Waals surface area contributed by atoms with E-state index in [1.807, 2.05) is 13.0 Å². The number of imidazole rings is 1. The number of amides is 1. The normalized spacial score (nSPS) is 10.5. The molecule has 2 aromatic rings. The van der Waals surface area contributed by atoms with Crippen LogP contribution in [0.5, 0.6) is 0 Å². The fraction of sp³-hybridized carbons (Fsp3) is 0.333. The fourth-order valence-electron chi connectivity index (χ4n) is 1.70. The summed E-state index contributed by atoms with van der Waals surface area (Å²) in [5.74, 6) is 1.01. The Balaban J connectivity index is 1.94. The highest BCUT2D eigenvalue weighted by atomic mass is 16.6. The molecule has 1 amide bonds. The Labute approximate surface area is 114 Å². The minimum absolute atomic E-state index is 0.00295. The molecule has 0 radical (unpaired) electrons. The summed E-state index contributed by atoms with van der Waals surface area (Å²) in [5.41, 5.74) is 0. The van der Waals surface area contributed by atoms with E-state index in [9.17, 15) is 14.9 Å². The van der Waals surface area contributed by atoms with Gasteiger partial charge in [0.1, 0.15) is 24.3 Å². The molecule has 0 unspecified atom stereocenters. The molecule has 0 spiro atoms. The van der Waals surface area contributed by atoms with Gasteiger partial charge >= 0.3 is 5.82 Å². The van der Waals surface area contributed by atoms with Gasteiger partial charge in [0.25, 0.3) is 0 Å². The van der Waals surface area contributed by atoms with E-state index in [0.717, 1.165) is 5.76 Å². The largest absolute Gasteiger partial charge is 0.464 e. The van der Waals surface area contributed by atoms with Crippen molar-refractivity contribution in [3.63, 3.8) is 0 Å². The Kier molecular flexibility index (Phi) is 3.83. The van der Waals surface area contributed by atoms with Gasteiger partial charge in [0.2, 0.25) is 12.2 Å². The van der Waals surface area contributed by atoms with Crippen molar-refractivity contribution in [1.29, 1.82) is 0 Å². The van der Waals surface area contributed by atoms with Crippen molar-refractivity contribution in [2.45, 2.75) is 20.0 Å². The number of carbonyl (C=O) groups excluding carboxylic acids is 1. The van der Waals surface area contributed by atoms with E-state index in [-0.39, 0.29) is 18.3 Å². The zero-order chi connectivity index (χ0) is 14.7. The third-order valence-corrected chi connectivity index (χ3v) is 2.74. The monoisotopic (exact) mass is 278 g/mol. The highest BCUT2D eigenvalue weighted by molar-refractivity contribution is 5.75. The summed E-state index contributed by atoms with van der Waals surface area (Å²) >= 11 is 0. The molecule has 0 N–H and O–H groups in total. The first-order chi connectivity index (χ1) is 9.45. The number of rotatable bonds is 5. The van der Waals surface area contributed by atoms with Gasteiger partial charge in [-0.2, -0.15) is 0 Å². The van der Waals surface area contributed by atoms with Gasteiger partial charge in [-0.3, -0.25) is 4.79 Å². The van der Waals surface area contributed by atoms with E-state index in [1.54, 1.807) is 13.1 Å². The number of nitrogens with zero attached hydrogens (tertiary/aromatic N) is 4. The number of aromatic nitrogens is 2. The summed E-state index contributed by atoms with van der Waals surface area (Å²) < 4.78 is 6.77. The predicted octanol–water partition coefficient (Wildman–Crippen LogP) is 1.35. The lowest BCUT2D eigenvalue weighted by molar-refractivity contribution is -0.389. The van der Waals surface area contributed by atoms with E-state index < -0.39 is 4.92 Å². The Hall–Kier alpha value is -2.64. The maximum atomic E-state index is 12.0. The Morgan fingerprint density at radius 1 is 1.55 bits per heavy atom. The SMILES string of the molecule is Cc1ccc(CN(C)C(=O)Cn2cnc([N+](=O)[O-])c2)o1. The van der Waals surface area contributed by atoms with E-state index in [0.29, 0.717) is 12.3 Å². The third-order valence-electron chi connectivity index (χ3n) is 2.74. The topological polar surface area (TPSA) is 94.4 Å². The maximum absolute atomic E-state index is 12.0. The second-order valence-corrected chi connectivity index (χ2v) is 4.42. The molecular weight excluding hydrogens is 264 g/mol. The van der Waals surface area contributed by atoms with Gasteiger partial charge in [-0.1, -0.05) is 0 Å². The first-order valence-electron chi connectivity index (χ1n) is 5.91. The average Bonchev–Trinajstić information content (AvgIpc) is 2.98. The minimum atomic E-state index is -0.601. The number of aryl methyl sites for hydroxylation is 1. The van der Waals surface area contributed by atoms with Crippen LogP contribution < -0.4 is 0 Å². The minimum Gasteiger partial charge on any atom is -0.464 e. The van der Waals surface area contributed by atoms with Crippen LogP contribution in [0.3, 0.4) is 0 Å². The van der Waals surface area contributed by atoms with Gasteiger partial charge in [0.15, 0.2) is 0 Å². The van der Waals surface area contributed by atoms with E-state index in [4.69, 9.17) is 4.42 Å². The van der Waals surface area contributed by atoms with Crippen LogP contribution in [0.1, 0.15) is 11.5 Å². The van der Waals surface area contributed by atoms with Gasteiger partial charge in [-0.05, 0) is 29.0 Å². The van der Waals surface area contributed by atoms with Crippen molar-refractivity contribution in [3.8, 4) is 0 Å². The molecule has 0 aliphatic rings. The number of hydrogen-bond acceptors (Lipinski definition) is 5. The second kappa shape index (κ2) is 5.55. The van der Waals surface area contributed by atoms with Crippen molar-refractivity contribution in [2.24, 2.45) is 0 Å². The van der Waals surface area contributed by atoms with Crippen LogP contribution >= 0.6 is 0 Å². The zero-order valence-electron chi connectivity index (χ0n) is 11.1. The third kappa shape index (κ3) is 3.22. The molecule has 2 rings (SSSR count). The molecule has 106 valence electrons. The van der Waals surface area contributed by atoms with Gasteiger partial charge in [-0.15, -0.1) is 0 Å². The summed E-state index contributed by atoms with van der Waals surface area (Å²) in [5, 5.41) is 10.5. The molecule has 0 aliphatic heterocycles. The number of likely N-dealkylation sites (N-methyl/N-ethyl adjacent to an activating group) is 1. The summed E-state index contributed by atoms with van der Waals surface area (Å²) in [7, 11) is 1.64. The van der Waals surface area contributed by atoms with Gasteiger partial charge in [0, 0.05) is 7.05 Å². The van der Waals surface area contributed by atoms with Gasteiger partial charge in [-0.25, -0.2) is 0 Å². The first kappa shape index (κ1) is 13.8. The highest BCUT2D eigenvalue weighted by Gasteiger charge is 2.15. The first-order valence-corrected chi connectivity index (χ1v) is 5.91. The van der Waals surface area contributed by atoms with Crippen LogP contribution in [-0.4, -0.2) is 32.3 Å². The smallest absolute Gasteiger partial charge is 0.381 e. The number of nitro groups is 1. The van der Waals surface area contributed by atoms with Crippen molar-refractivity contribution in [2.75, 3.05) is 7.05 Å². The molecule has 0 fully saturated rings. The Morgan fingerprint density at radius 2 is 2.30 bits per heavy atom. The molecule has 0 atom stereocenters. The molecule has 0 aliphatic carbocycles. The standard InChI is InChI=1S/C12H14N4O4/c1-9-3-4-10(20-9)5-14(2)12(17)7-15-6-11(13-8-15)16(18)19/h3-4,6,8H,5,7H2,1-2H3. The van der Waals surface area contributed by atoms with Crippen molar-refractivity contribution < 1.29 is 14.1 Å². The lowest BCUT2D eigenvalue weighted by Crippen LogP contribution is -2.29. The molecule has 8 nitrogen and oxygen atoms in total. The molecular formula is C12H14N4O4. The zero-order valence-corrected chi connectivity index (χ0v) is 11.1. The van der Waals surface area contributed by atoms with E-state index >= 15 is 0 Å². The van der Waals surface area contributed by atoms with Crippen molar-refractivity contribution in [1.82, 2.24) is 14.5 Å². The van der Waals surface area contributed by atoms with Crippen LogP contribution in [0.25, 0.3) is 0 Å². The average molecular weight is 278 g/mol. The molecule has 2 heterocycles. The van der Waals surface area contributed by atoms with Crippen LogP contribution in [0.2, 0.25) is 0 Å². The molecule has 0 saturated carbocycles. The molecule has 0 bridgehead atoms. The number of furan rings is 1. The Morgan fingerprint density at radius 3 is 2.85 bits per heavy atom. The summed E-state index contributed by atoms with van der Waals surface area (Å²) in [4.78, 5) is 26.9. The molecule has 2 aromatic heterocycles. The van der Waals surface area contributed by atoms with E-state index in [2.05, 4.69) is 4.98 Å². The summed E-state index contributed by atoms with van der Waals surface area (Å²) in [6.45, 7) is 2.18. The van der Waals surface area contributed by atoms with Crippen LogP contribution in [0, 0.1) is 17.0 Å². The van der Waals surface area contributed by atoms with Gasteiger partial charge in [0.05, 0.1) is 6.54 Å². The van der Waals surface area contributed by atoms with Crippen LogP contribution in [0.15, 0.2) is 29.1 Å². The molecule has 0 saturated heterocycles. The lowest BCUT2D eigenvalue weighted by atomic mass is 10.4. The number of carbonyl (C=O) groups is 1. The molecule has 20 heavy (non-hydrogen) atoms. The molecule has 0 aromatic carbocycles. The Bertz CT molecular complexity index is 631. The van der Waals surface area contributed by atoms with Gasteiger partial charge < -0.3 is 24.0 Å². The second-order valence-electron chi connectivity index (χ2n) is 4.42. The number of hydrogen-bond donors (Lipinski definition) is 0. The molecule has 8 heteroatoms. The summed E-state index contributed by atoms with van der Waals surface area (Å²) in [6.07, 6.45) is 2.49. The van der Waals surface area contributed by atoms with Crippen molar-refractivity contribution >= 4 is 11.7 Å². The highest BCUT2D eigenvalue weighted by Crippen LogP contribution is 2.10. The summed E-state index contributed by atoms with van der Waals surface area (Å²) in [6, 6.07) is 3.63. The lowest BCUT2D eigenvalue weighted by Gasteiger charge is -2.15. The van der Waals surface area contributed by atoms with Crippen LogP contribution in [-0.2, 0) is 17.9 Å². The van der Waals surface area contributed by atoms with Crippen molar-refractivity contribution in [3.05, 3.63) is 46.3 Å². The predicted molar refractivity (Wildman–Crippen MR) is 68.8 cm³/mol. The van der Waals surface area contributed by atoms with E-state index in [1.165, 1.54) is 22.0 Å². The maximum Gasteiger partial charge on any atom is 0.381 e. The fourth-order valence-corrected chi connectivity index (χ4v) is 1.70.